The van der Waals surface area contributed by atoms with E-state index in [9.17, 15) is 14.4 Å². The number of carbonyl (C=O) groups excluding carboxylic acids is 1. The van der Waals surface area contributed by atoms with Gasteiger partial charge in [0, 0.05) is 48.9 Å². The highest BCUT2D eigenvalue weighted by Gasteiger charge is 2.36. The molecule has 1 aromatic heterocycles. The fraction of sp³-hybridized carbons (Fsp3) is 0.529. The Bertz CT molecular complexity index is 1600. The standard InChI is InChI=1S/C34H42FN7O3/c1-34(2,3)45-33(43)42-18-17-41(20-25(42)12-14-36)31-28-13-16-40(30-9-5-7-23-19-24(35)10-11-27(23)30)21-29(28)37-32(38-31)44-22-26-8-6-15-39(26)4/h5,7,9-11,19,25-26H,6,8,12-13,15-18,20-22H2,1-4H3/t25?,26-/m0/s1. The summed E-state index contributed by atoms with van der Waals surface area (Å²) in [6.45, 7) is 9.82. The first-order valence-corrected chi connectivity index (χ1v) is 15.9. The van der Waals surface area contributed by atoms with Crippen molar-refractivity contribution >= 4 is 28.4 Å². The second-order valence-corrected chi connectivity index (χ2v) is 13.3. The Labute approximate surface area is 264 Å². The SMILES string of the molecule is CN1CCC[C@H]1COc1nc2c(c(N3CCN(C(=O)OC(C)(C)C)C(CC#N)C3)n1)CCN(c1cccc3cc(F)ccc13)C2. The zero-order valence-electron chi connectivity index (χ0n) is 26.6. The van der Waals surface area contributed by atoms with Gasteiger partial charge in [-0.25, -0.2) is 9.18 Å². The zero-order valence-corrected chi connectivity index (χ0v) is 26.6. The first kappa shape index (κ1) is 30.8. The van der Waals surface area contributed by atoms with Gasteiger partial charge in [-0.05, 0) is 83.3 Å². The summed E-state index contributed by atoms with van der Waals surface area (Å²) in [6, 6.07) is 13.5. The second-order valence-electron chi connectivity index (χ2n) is 13.3. The van der Waals surface area contributed by atoms with Gasteiger partial charge in [-0.1, -0.05) is 12.1 Å². The molecule has 4 heterocycles. The van der Waals surface area contributed by atoms with E-state index in [1.165, 1.54) is 6.07 Å². The van der Waals surface area contributed by atoms with Gasteiger partial charge >= 0.3 is 12.1 Å². The lowest BCUT2D eigenvalue weighted by Crippen LogP contribution is -2.56. The van der Waals surface area contributed by atoms with Crippen LogP contribution in [0, 0.1) is 17.1 Å². The minimum Gasteiger partial charge on any atom is -0.462 e. The predicted molar refractivity (Wildman–Crippen MR) is 171 cm³/mol. The quantitative estimate of drug-likeness (QED) is 0.373. The number of halogens is 1. The van der Waals surface area contributed by atoms with E-state index in [0.717, 1.165) is 59.5 Å². The zero-order chi connectivity index (χ0) is 31.7. The van der Waals surface area contributed by atoms with E-state index < -0.39 is 11.7 Å². The van der Waals surface area contributed by atoms with E-state index in [2.05, 4.69) is 33.9 Å². The maximum atomic E-state index is 14.0. The van der Waals surface area contributed by atoms with Crippen molar-refractivity contribution in [1.82, 2.24) is 19.8 Å². The van der Waals surface area contributed by atoms with Gasteiger partial charge in [0.2, 0.25) is 0 Å². The Morgan fingerprint density at radius 3 is 2.69 bits per heavy atom. The molecule has 3 aliphatic heterocycles. The molecule has 11 heteroatoms. The van der Waals surface area contributed by atoms with Crippen molar-refractivity contribution < 1.29 is 18.7 Å². The fourth-order valence-corrected chi connectivity index (χ4v) is 6.68. The van der Waals surface area contributed by atoms with Gasteiger partial charge in [-0.15, -0.1) is 0 Å². The summed E-state index contributed by atoms with van der Waals surface area (Å²) in [4.78, 5) is 31.4. The second kappa shape index (κ2) is 12.7. The van der Waals surface area contributed by atoms with Crippen molar-refractivity contribution in [3.8, 4) is 12.1 Å². The summed E-state index contributed by atoms with van der Waals surface area (Å²) < 4.78 is 26.0. The summed E-state index contributed by atoms with van der Waals surface area (Å²) >= 11 is 0. The predicted octanol–water partition coefficient (Wildman–Crippen LogP) is 5.14. The van der Waals surface area contributed by atoms with E-state index in [-0.39, 0.29) is 18.3 Å². The number of likely N-dealkylation sites (N-methyl/N-ethyl adjacent to an activating group) is 1. The first-order chi connectivity index (χ1) is 21.6. The number of anilines is 2. The number of likely N-dealkylation sites (tertiary alicyclic amines) is 1. The topological polar surface area (TPSA) is 98.1 Å². The molecule has 0 saturated carbocycles. The molecule has 45 heavy (non-hydrogen) atoms. The Balaban J connectivity index is 1.31. The maximum absolute atomic E-state index is 14.0. The highest BCUT2D eigenvalue weighted by Crippen LogP contribution is 2.35. The molecule has 3 aromatic rings. The number of rotatable bonds is 6. The van der Waals surface area contributed by atoms with Crippen LogP contribution in [-0.4, -0.2) is 89.9 Å². The van der Waals surface area contributed by atoms with Gasteiger partial charge in [0.15, 0.2) is 0 Å². The molecule has 0 radical (unpaired) electrons. The largest absolute Gasteiger partial charge is 0.462 e. The molecule has 238 valence electrons. The minimum absolute atomic E-state index is 0.190. The summed E-state index contributed by atoms with van der Waals surface area (Å²) in [5.74, 6) is 0.554. The van der Waals surface area contributed by atoms with Crippen LogP contribution >= 0.6 is 0 Å². The molecule has 1 unspecified atom stereocenters. The number of nitrogens with zero attached hydrogens (tertiary/aromatic N) is 7. The number of benzene rings is 2. The number of ether oxygens (including phenoxy) is 2. The number of piperazine rings is 1. The number of hydrogen-bond acceptors (Lipinski definition) is 9. The van der Waals surface area contributed by atoms with Gasteiger partial charge in [0.25, 0.3) is 0 Å². The van der Waals surface area contributed by atoms with Crippen LogP contribution in [0.3, 0.4) is 0 Å². The highest BCUT2D eigenvalue weighted by atomic mass is 19.1. The van der Waals surface area contributed by atoms with E-state index >= 15 is 0 Å². The van der Waals surface area contributed by atoms with E-state index in [1.54, 1.807) is 11.0 Å². The molecular weight excluding hydrogens is 573 g/mol. The summed E-state index contributed by atoms with van der Waals surface area (Å²) in [7, 11) is 2.12. The van der Waals surface area contributed by atoms with Crippen LogP contribution in [0.15, 0.2) is 36.4 Å². The van der Waals surface area contributed by atoms with Crippen LogP contribution in [0.25, 0.3) is 10.8 Å². The molecule has 10 nitrogen and oxygen atoms in total. The Morgan fingerprint density at radius 2 is 1.93 bits per heavy atom. The van der Waals surface area contributed by atoms with Crippen LogP contribution in [0.1, 0.15) is 51.3 Å². The molecule has 2 aromatic carbocycles. The van der Waals surface area contributed by atoms with Gasteiger partial charge < -0.3 is 29.1 Å². The summed E-state index contributed by atoms with van der Waals surface area (Å²) in [6.07, 6.45) is 2.72. The van der Waals surface area contributed by atoms with E-state index in [0.29, 0.717) is 51.3 Å². The molecule has 2 atom stereocenters. The van der Waals surface area contributed by atoms with Crippen LogP contribution in [-0.2, 0) is 17.7 Å². The van der Waals surface area contributed by atoms with Crippen LogP contribution in [0.4, 0.5) is 20.7 Å². The number of hydrogen-bond donors (Lipinski definition) is 0. The van der Waals surface area contributed by atoms with Crippen molar-refractivity contribution in [2.75, 3.05) is 56.2 Å². The minimum atomic E-state index is -0.624. The number of amides is 1. The molecule has 0 N–H and O–H groups in total. The monoisotopic (exact) mass is 615 g/mol. The maximum Gasteiger partial charge on any atom is 0.410 e. The van der Waals surface area contributed by atoms with Crippen LogP contribution in [0.2, 0.25) is 0 Å². The van der Waals surface area contributed by atoms with Crippen molar-refractivity contribution in [2.45, 2.75) is 70.7 Å². The average molecular weight is 616 g/mol. The molecule has 3 aliphatic rings. The molecule has 0 aliphatic carbocycles. The third-order valence-electron chi connectivity index (χ3n) is 9.00. The van der Waals surface area contributed by atoms with Crippen molar-refractivity contribution in [2.24, 2.45) is 0 Å². The van der Waals surface area contributed by atoms with E-state index in [4.69, 9.17) is 19.4 Å². The summed E-state index contributed by atoms with van der Waals surface area (Å²) in [5.41, 5.74) is 2.37. The third kappa shape index (κ3) is 6.76. The van der Waals surface area contributed by atoms with E-state index in [1.807, 2.05) is 39.0 Å². The number of aromatic nitrogens is 2. The van der Waals surface area contributed by atoms with Gasteiger partial charge in [0.05, 0.1) is 30.8 Å². The van der Waals surface area contributed by atoms with Gasteiger partial charge in [0.1, 0.15) is 23.8 Å². The third-order valence-corrected chi connectivity index (χ3v) is 9.00. The number of carbonyl (C=O) groups is 1. The number of nitriles is 1. The van der Waals surface area contributed by atoms with Crippen LogP contribution < -0.4 is 14.5 Å². The average Bonchev–Trinajstić information content (AvgIpc) is 3.42. The van der Waals surface area contributed by atoms with Crippen molar-refractivity contribution in [3.05, 3.63) is 53.5 Å². The van der Waals surface area contributed by atoms with Gasteiger partial charge in [-0.3, -0.25) is 0 Å². The summed E-state index contributed by atoms with van der Waals surface area (Å²) in [5, 5.41) is 11.5. The smallest absolute Gasteiger partial charge is 0.410 e. The molecule has 0 bridgehead atoms. The molecule has 1 amide bonds. The Hall–Kier alpha value is -4.17. The molecular formula is C34H42FN7O3. The molecule has 2 saturated heterocycles. The Morgan fingerprint density at radius 1 is 1.09 bits per heavy atom. The highest BCUT2D eigenvalue weighted by molar-refractivity contribution is 5.94. The lowest BCUT2D eigenvalue weighted by atomic mass is 10.0. The molecule has 2 fully saturated rings. The van der Waals surface area contributed by atoms with Crippen molar-refractivity contribution in [1.29, 1.82) is 5.26 Å². The van der Waals surface area contributed by atoms with Gasteiger partial charge in [-0.2, -0.15) is 15.2 Å². The lowest BCUT2D eigenvalue weighted by molar-refractivity contribution is 0.0144. The Kier molecular flexibility index (Phi) is 8.69. The normalized spacial score (nSPS) is 20.7. The van der Waals surface area contributed by atoms with Crippen molar-refractivity contribution in [3.63, 3.8) is 0 Å². The lowest BCUT2D eigenvalue weighted by Gasteiger charge is -2.42. The molecule has 0 spiro atoms. The fourth-order valence-electron chi connectivity index (χ4n) is 6.68. The number of fused-ring (bicyclic) bond motifs is 2. The van der Waals surface area contributed by atoms with Crippen LogP contribution in [0.5, 0.6) is 6.01 Å². The molecule has 6 rings (SSSR count). The first-order valence-electron chi connectivity index (χ1n) is 15.9.